The van der Waals surface area contributed by atoms with Crippen LogP contribution in [0.15, 0.2) is 76.2 Å². The van der Waals surface area contributed by atoms with Gasteiger partial charge in [0.25, 0.3) is 0 Å². The van der Waals surface area contributed by atoms with Crippen LogP contribution < -0.4 is 15.4 Å². The molecule has 0 saturated heterocycles. The molecule has 0 atom stereocenters. The van der Waals surface area contributed by atoms with Crippen LogP contribution in [0.2, 0.25) is 0 Å². The SMILES string of the molecule is O=C(Nc1ccc(S(=O)(=O)NCc2ccco2)cc1)Nc1cccc(C(F)(F)F)c1. The molecule has 3 N–H and O–H groups in total. The Morgan fingerprint density at radius 1 is 0.933 bits per heavy atom. The standard InChI is InChI=1S/C19H16F3N3O4S/c20-19(21,22)13-3-1-4-15(11-13)25-18(26)24-14-6-8-17(9-7-14)30(27,28)23-12-16-5-2-10-29-16/h1-11,23H,12H2,(H2,24,25,26). The molecule has 11 heteroatoms. The van der Waals surface area contributed by atoms with Crippen molar-refractivity contribution >= 4 is 27.4 Å². The molecule has 1 aromatic heterocycles. The molecule has 3 aromatic rings. The highest BCUT2D eigenvalue weighted by Crippen LogP contribution is 2.30. The van der Waals surface area contributed by atoms with Crippen LogP contribution in [0.3, 0.4) is 0 Å². The fourth-order valence-corrected chi connectivity index (χ4v) is 3.44. The smallest absolute Gasteiger partial charge is 0.416 e. The molecule has 30 heavy (non-hydrogen) atoms. The number of furan rings is 1. The molecule has 158 valence electrons. The predicted octanol–water partition coefficient (Wildman–Crippen LogP) is 4.42. The Balaban J connectivity index is 1.60. The fourth-order valence-electron chi connectivity index (χ4n) is 2.45. The van der Waals surface area contributed by atoms with E-state index in [4.69, 9.17) is 4.42 Å². The van der Waals surface area contributed by atoms with Crippen molar-refractivity contribution in [3.05, 3.63) is 78.3 Å². The van der Waals surface area contributed by atoms with Crippen molar-refractivity contribution in [2.75, 3.05) is 10.6 Å². The summed E-state index contributed by atoms with van der Waals surface area (Å²) >= 11 is 0. The number of benzene rings is 2. The zero-order valence-corrected chi connectivity index (χ0v) is 16.0. The summed E-state index contributed by atoms with van der Waals surface area (Å²) in [5.74, 6) is 0.447. The Morgan fingerprint density at radius 3 is 2.27 bits per heavy atom. The average Bonchev–Trinajstić information content (AvgIpc) is 3.20. The van der Waals surface area contributed by atoms with E-state index < -0.39 is 27.8 Å². The fraction of sp³-hybridized carbons (Fsp3) is 0.105. The molecule has 0 saturated carbocycles. The van der Waals surface area contributed by atoms with Crippen LogP contribution in [-0.4, -0.2) is 14.4 Å². The summed E-state index contributed by atoms with van der Waals surface area (Å²) < 4.78 is 70.2. The molecule has 3 rings (SSSR count). The number of alkyl halides is 3. The molecule has 7 nitrogen and oxygen atoms in total. The number of urea groups is 1. The lowest BCUT2D eigenvalue weighted by molar-refractivity contribution is -0.137. The van der Waals surface area contributed by atoms with Gasteiger partial charge in [-0.15, -0.1) is 0 Å². The van der Waals surface area contributed by atoms with Crippen molar-refractivity contribution in [2.45, 2.75) is 17.6 Å². The third-order valence-electron chi connectivity index (χ3n) is 3.89. The van der Waals surface area contributed by atoms with Crippen molar-refractivity contribution in [3.63, 3.8) is 0 Å². The molecule has 1 heterocycles. The highest BCUT2D eigenvalue weighted by molar-refractivity contribution is 7.89. The third kappa shape index (κ3) is 5.61. The Kier molecular flexibility index (Phi) is 6.13. The van der Waals surface area contributed by atoms with E-state index >= 15 is 0 Å². The topological polar surface area (TPSA) is 100 Å². The number of sulfonamides is 1. The van der Waals surface area contributed by atoms with E-state index in [1.54, 1.807) is 12.1 Å². The molecule has 0 bridgehead atoms. The minimum atomic E-state index is -4.53. The van der Waals surface area contributed by atoms with Crippen molar-refractivity contribution in [2.24, 2.45) is 0 Å². The second-order valence-corrected chi connectivity index (χ2v) is 7.85. The highest BCUT2D eigenvalue weighted by Gasteiger charge is 2.30. The van der Waals surface area contributed by atoms with Crippen molar-refractivity contribution in [1.29, 1.82) is 0 Å². The third-order valence-corrected chi connectivity index (χ3v) is 5.30. The number of carbonyl (C=O) groups excluding carboxylic acids is 1. The van der Waals surface area contributed by atoms with Crippen LogP contribution in [0.5, 0.6) is 0 Å². The van der Waals surface area contributed by atoms with E-state index in [9.17, 15) is 26.4 Å². The summed E-state index contributed by atoms with van der Waals surface area (Å²) in [7, 11) is -3.79. The van der Waals surface area contributed by atoms with Gasteiger partial charge in [0.05, 0.1) is 23.3 Å². The van der Waals surface area contributed by atoms with E-state index in [1.165, 1.54) is 42.7 Å². The second-order valence-electron chi connectivity index (χ2n) is 6.09. The van der Waals surface area contributed by atoms with Gasteiger partial charge >= 0.3 is 12.2 Å². The van der Waals surface area contributed by atoms with Gasteiger partial charge in [0.2, 0.25) is 10.0 Å². The van der Waals surface area contributed by atoms with Gasteiger partial charge in [-0.2, -0.15) is 13.2 Å². The summed E-state index contributed by atoms with van der Waals surface area (Å²) in [4.78, 5) is 12.0. The normalized spacial score (nSPS) is 11.8. The quantitative estimate of drug-likeness (QED) is 0.529. The number of amides is 2. The first-order chi connectivity index (χ1) is 14.1. The van der Waals surface area contributed by atoms with Crippen LogP contribution in [0.1, 0.15) is 11.3 Å². The van der Waals surface area contributed by atoms with Gasteiger partial charge in [0.1, 0.15) is 5.76 Å². The predicted molar refractivity (Wildman–Crippen MR) is 103 cm³/mol. The Bertz CT molecular complexity index is 1110. The minimum absolute atomic E-state index is 0.0191. The average molecular weight is 439 g/mol. The first kappa shape index (κ1) is 21.4. The maximum atomic E-state index is 12.7. The summed E-state index contributed by atoms with van der Waals surface area (Å²) in [6, 6.07) is 11.9. The number of hydrogen-bond acceptors (Lipinski definition) is 4. The Hall–Kier alpha value is -3.31. The minimum Gasteiger partial charge on any atom is -0.468 e. The molecule has 0 unspecified atom stereocenters. The van der Waals surface area contributed by atoms with Crippen LogP contribution in [0.25, 0.3) is 0 Å². The molecular formula is C19H16F3N3O4S. The second kappa shape index (κ2) is 8.59. The van der Waals surface area contributed by atoms with Crippen LogP contribution in [0.4, 0.5) is 29.3 Å². The molecule has 0 radical (unpaired) electrons. The number of hydrogen-bond donors (Lipinski definition) is 3. The summed E-state index contributed by atoms with van der Waals surface area (Å²) in [5.41, 5.74) is -0.676. The van der Waals surface area contributed by atoms with Crippen LogP contribution in [-0.2, 0) is 22.7 Å². The number of nitrogens with one attached hydrogen (secondary N) is 3. The van der Waals surface area contributed by atoms with Gasteiger partial charge in [-0.1, -0.05) is 6.07 Å². The molecule has 2 aromatic carbocycles. The van der Waals surface area contributed by atoms with Crippen molar-refractivity contribution in [3.8, 4) is 0 Å². The first-order valence-corrected chi connectivity index (χ1v) is 9.99. The molecule has 0 spiro atoms. The summed E-state index contributed by atoms with van der Waals surface area (Å²) in [6.45, 7) is -0.0191. The Morgan fingerprint density at radius 2 is 1.63 bits per heavy atom. The molecule has 0 aliphatic rings. The van der Waals surface area contributed by atoms with Gasteiger partial charge in [-0.3, -0.25) is 0 Å². The van der Waals surface area contributed by atoms with Gasteiger partial charge in [0.15, 0.2) is 0 Å². The molecular weight excluding hydrogens is 423 g/mol. The molecule has 0 aliphatic heterocycles. The van der Waals surface area contributed by atoms with Gasteiger partial charge in [-0.25, -0.2) is 17.9 Å². The molecule has 2 amide bonds. The van der Waals surface area contributed by atoms with Gasteiger partial charge < -0.3 is 15.1 Å². The number of halogens is 3. The summed E-state index contributed by atoms with van der Waals surface area (Å²) in [6.07, 6.45) is -3.10. The number of carbonyl (C=O) groups is 1. The highest BCUT2D eigenvalue weighted by atomic mass is 32.2. The number of anilines is 2. The first-order valence-electron chi connectivity index (χ1n) is 8.51. The molecule has 0 aliphatic carbocycles. The maximum absolute atomic E-state index is 12.7. The lowest BCUT2D eigenvalue weighted by Crippen LogP contribution is -2.23. The van der Waals surface area contributed by atoms with Gasteiger partial charge in [0, 0.05) is 11.4 Å². The monoisotopic (exact) mass is 439 g/mol. The zero-order valence-electron chi connectivity index (χ0n) is 15.2. The molecule has 0 fully saturated rings. The van der Waals surface area contributed by atoms with E-state index in [-0.39, 0.29) is 22.8 Å². The van der Waals surface area contributed by atoms with Crippen molar-refractivity contribution < 1.29 is 30.8 Å². The number of rotatable bonds is 6. The summed E-state index contributed by atoms with van der Waals surface area (Å²) in [5, 5.41) is 4.71. The Labute approximate surface area is 170 Å². The van der Waals surface area contributed by atoms with Gasteiger partial charge in [-0.05, 0) is 54.6 Å². The van der Waals surface area contributed by atoms with Crippen LogP contribution in [0, 0.1) is 0 Å². The zero-order chi connectivity index (χ0) is 21.8. The van der Waals surface area contributed by atoms with E-state index in [0.29, 0.717) is 5.76 Å². The van der Waals surface area contributed by atoms with Crippen molar-refractivity contribution in [1.82, 2.24) is 4.72 Å². The maximum Gasteiger partial charge on any atom is 0.416 e. The lowest BCUT2D eigenvalue weighted by Gasteiger charge is -2.11. The largest absolute Gasteiger partial charge is 0.468 e. The van der Waals surface area contributed by atoms with E-state index in [1.807, 2.05) is 0 Å². The lowest BCUT2D eigenvalue weighted by atomic mass is 10.2. The van der Waals surface area contributed by atoms with Crippen LogP contribution >= 0.6 is 0 Å². The van der Waals surface area contributed by atoms with E-state index in [0.717, 1.165) is 12.1 Å². The van der Waals surface area contributed by atoms with E-state index in [2.05, 4.69) is 15.4 Å².